The van der Waals surface area contributed by atoms with E-state index in [1.807, 2.05) is 37.1 Å². The lowest BCUT2D eigenvalue weighted by Gasteiger charge is -2.15. The van der Waals surface area contributed by atoms with Gasteiger partial charge in [-0.1, -0.05) is 25.1 Å². The fraction of sp³-hybridized carbons (Fsp3) is 0.368. The van der Waals surface area contributed by atoms with Gasteiger partial charge in [0.05, 0.1) is 24.1 Å². The van der Waals surface area contributed by atoms with Crippen molar-refractivity contribution in [2.75, 3.05) is 20.1 Å². The topological polar surface area (TPSA) is 76.6 Å². The highest BCUT2D eigenvalue weighted by atomic mass is 32.1. The minimum atomic E-state index is -0.137. The number of benzene rings is 1. The van der Waals surface area contributed by atoms with Crippen LogP contribution in [0.3, 0.4) is 0 Å². The van der Waals surface area contributed by atoms with Gasteiger partial charge in [-0.3, -0.25) is 23.5 Å². The molecule has 0 aliphatic carbocycles. The fourth-order valence-corrected chi connectivity index (χ4v) is 3.38. The number of aromatic nitrogens is 4. The number of rotatable bonds is 8. The van der Waals surface area contributed by atoms with E-state index in [2.05, 4.69) is 17.0 Å². The van der Waals surface area contributed by atoms with Crippen LogP contribution in [0.2, 0.25) is 0 Å². The molecule has 1 N–H and O–H groups in total. The summed E-state index contributed by atoms with van der Waals surface area (Å²) in [5.41, 5.74) is 0.574. The van der Waals surface area contributed by atoms with E-state index >= 15 is 0 Å². The minimum absolute atomic E-state index is 0.0475. The maximum absolute atomic E-state index is 12.9. The van der Waals surface area contributed by atoms with Crippen molar-refractivity contribution in [3.8, 4) is 0 Å². The Kier molecular flexibility index (Phi) is 6.05. The van der Waals surface area contributed by atoms with E-state index in [9.17, 15) is 9.59 Å². The number of carbonyl (C=O) groups is 1. The molecule has 0 fully saturated rings. The molecule has 148 valence electrons. The normalized spacial score (nSPS) is 11.4. The summed E-state index contributed by atoms with van der Waals surface area (Å²) in [4.78, 5) is 26.6. The van der Waals surface area contributed by atoms with Crippen LogP contribution in [0.15, 0.2) is 41.7 Å². The van der Waals surface area contributed by atoms with Crippen molar-refractivity contribution in [1.29, 1.82) is 0 Å². The summed E-state index contributed by atoms with van der Waals surface area (Å²) in [5, 5.41) is 7.99. The van der Waals surface area contributed by atoms with Gasteiger partial charge >= 0.3 is 0 Å². The molecule has 3 aromatic rings. The van der Waals surface area contributed by atoms with Crippen LogP contribution in [0.5, 0.6) is 0 Å². The molecule has 3 rings (SSSR count). The number of nitrogens with zero attached hydrogens (tertiary/aromatic N) is 5. The van der Waals surface area contributed by atoms with Crippen LogP contribution in [0.25, 0.3) is 16.7 Å². The van der Waals surface area contributed by atoms with Crippen LogP contribution < -0.4 is 10.9 Å². The molecule has 0 bridgehead atoms. The van der Waals surface area contributed by atoms with Gasteiger partial charge in [0.15, 0.2) is 0 Å². The number of nitrogens with one attached hydrogen (secondary N) is 1. The Morgan fingerprint density at radius 2 is 2.14 bits per heavy atom. The quantitative estimate of drug-likeness (QED) is 0.461. The Labute approximate surface area is 167 Å². The monoisotopic (exact) mass is 400 g/mol. The van der Waals surface area contributed by atoms with Crippen molar-refractivity contribution in [3.05, 3.63) is 52.0 Å². The summed E-state index contributed by atoms with van der Waals surface area (Å²) in [6.07, 6.45) is 2.54. The van der Waals surface area contributed by atoms with Crippen molar-refractivity contribution in [2.24, 2.45) is 0 Å². The largest absolute Gasteiger partial charge is 0.355 e. The smallest absolute Gasteiger partial charge is 0.263 e. The summed E-state index contributed by atoms with van der Waals surface area (Å²) in [6, 6.07) is 7.32. The second-order valence-corrected chi connectivity index (χ2v) is 7.01. The van der Waals surface area contributed by atoms with Gasteiger partial charge in [-0.05, 0) is 37.8 Å². The first-order valence-corrected chi connectivity index (χ1v) is 9.56. The number of fused-ring (bicyclic) bond motifs is 3. The molecule has 1 amide bonds. The van der Waals surface area contributed by atoms with E-state index in [4.69, 9.17) is 12.2 Å². The van der Waals surface area contributed by atoms with Crippen molar-refractivity contribution < 1.29 is 4.79 Å². The van der Waals surface area contributed by atoms with Crippen molar-refractivity contribution >= 4 is 34.8 Å². The highest BCUT2D eigenvalue weighted by molar-refractivity contribution is 7.71. The summed E-state index contributed by atoms with van der Waals surface area (Å²) < 4.78 is 5.43. The molecule has 0 spiro atoms. The molecule has 9 heteroatoms. The number of hydrogen-bond donors (Lipinski definition) is 1. The van der Waals surface area contributed by atoms with Gasteiger partial charge in [-0.15, -0.1) is 11.7 Å². The third-order valence-electron chi connectivity index (χ3n) is 4.36. The number of para-hydroxylation sites is 1. The van der Waals surface area contributed by atoms with E-state index < -0.39 is 0 Å². The van der Waals surface area contributed by atoms with E-state index in [0.717, 1.165) is 6.42 Å². The Bertz CT molecular complexity index is 1140. The van der Waals surface area contributed by atoms with E-state index in [-0.39, 0.29) is 18.0 Å². The van der Waals surface area contributed by atoms with Crippen molar-refractivity contribution in [2.45, 2.75) is 26.6 Å². The van der Waals surface area contributed by atoms with Crippen LogP contribution in [0.1, 0.15) is 13.3 Å². The molecule has 0 unspecified atom stereocenters. The van der Waals surface area contributed by atoms with Crippen LogP contribution in [0.4, 0.5) is 0 Å². The molecular formula is C19H24N6O2S. The summed E-state index contributed by atoms with van der Waals surface area (Å²) in [6.45, 7) is 7.29. The Hall–Kier alpha value is -2.78. The molecule has 0 aliphatic heterocycles. The van der Waals surface area contributed by atoms with E-state index in [1.165, 1.54) is 0 Å². The third-order valence-corrected chi connectivity index (χ3v) is 4.75. The van der Waals surface area contributed by atoms with E-state index in [0.29, 0.717) is 41.2 Å². The van der Waals surface area contributed by atoms with Crippen molar-refractivity contribution in [3.63, 3.8) is 0 Å². The molecule has 0 aliphatic rings. The fourth-order valence-electron chi connectivity index (χ4n) is 3.10. The van der Waals surface area contributed by atoms with E-state index in [1.54, 1.807) is 25.8 Å². The predicted molar refractivity (Wildman–Crippen MR) is 112 cm³/mol. The average Bonchev–Trinajstić information content (AvgIpc) is 2.99. The maximum Gasteiger partial charge on any atom is 0.263 e. The zero-order valence-electron chi connectivity index (χ0n) is 16.1. The standard InChI is InChI=1S/C19H24N6O2S/c1-4-10-20-16(26)12-22(3)13-24-19(28)25-15-9-7-6-8-14(15)17(27)23(11-5-2)18(25)21-24/h5-9H,2,4,10-13H2,1,3H3,(H,20,26). The second-order valence-electron chi connectivity index (χ2n) is 6.64. The lowest BCUT2D eigenvalue weighted by atomic mass is 10.2. The second kappa shape index (κ2) is 8.49. The predicted octanol–water partition coefficient (Wildman–Crippen LogP) is 1.78. The minimum Gasteiger partial charge on any atom is -0.355 e. The lowest BCUT2D eigenvalue weighted by Crippen LogP contribution is -2.36. The summed E-state index contributed by atoms with van der Waals surface area (Å²) >= 11 is 5.64. The average molecular weight is 401 g/mol. The van der Waals surface area contributed by atoms with Gasteiger partial charge in [-0.2, -0.15) is 0 Å². The molecule has 0 saturated heterocycles. The lowest BCUT2D eigenvalue weighted by molar-refractivity contribution is -0.122. The molecule has 2 aromatic heterocycles. The van der Waals surface area contributed by atoms with Crippen LogP contribution in [-0.4, -0.2) is 49.7 Å². The number of amides is 1. The first-order valence-electron chi connectivity index (χ1n) is 9.15. The molecule has 0 saturated carbocycles. The number of hydrogen-bond acceptors (Lipinski definition) is 5. The zero-order chi connectivity index (χ0) is 20.3. The van der Waals surface area contributed by atoms with Crippen molar-refractivity contribution in [1.82, 2.24) is 29.0 Å². The van der Waals surface area contributed by atoms with Gasteiger partial charge in [0, 0.05) is 13.1 Å². The molecule has 8 nitrogen and oxygen atoms in total. The first kappa shape index (κ1) is 20.0. The van der Waals surface area contributed by atoms with Gasteiger partial charge in [-0.25, -0.2) is 4.68 Å². The van der Waals surface area contributed by atoms with Gasteiger partial charge in [0.25, 0.3) is 5.56 Å². The molecule has 28 heavy (non-hydrogen) atoms. The third kappa shape index (κ3) is 3.76. The number of likely N-dealkylation sites (N-methyl/N-ethyl adjacent to an activating group) is 1. The highest BCUT2D eigenvalue weighted by Crippen LogP contribution is 2.14. The number of allylic oxidation sites excluding steroid dienone is 1. The zero-order valence-corrected chi connectivity index (χ0v) is 16.9. The number of carbonyl (C=O) groups excluding carboxylic acids is 1. The molecule has 1 aromatic carbocycles. The van der Waals surface area contributed by atoms with Gasteiger partial charge < -0.3 is 5.32 Å². The van der Waals surface area contributed by atoms with Crippen LogP contribution in [0, 0.1) is 4.77 Å². The SMILES string of the molecule is C=CCn1c(=O)c2ccccc2n2c(=S)n(CN(C)CC(=O)NCCC)nc12. The van der Waals surface area contributed by atoms with Crippen LogP contribution in [-0.2, 0) is 18.0 Å². The summed E-state index contributed by atoms with van der Waals surface area (Å²) in [5.74, 6) is 0.408. The molecule has 2 heterocycles. The Balaban J connectivity index is 2.05. The highest BCUT2D eigenvalue weighted by Gasteiger charge is 2.16. The van der Waals surface area contributed by atoms with Gasteiger partial charge in [0.1, 0.15) is 0 Å². The maximum atomic E-state index is 12.9. The molecule has 0 radical (unpaired) electrons. The molecule has 0 atom stereocenters. The first-order chi connectivity index (χ1) is 13.5. The van der Waals surface area contributed by atoms with Crippen LogP contribution >= 0.6 is 12.2 Å². The summed E-state index contributed by atoms with van der Waals surface area (Å²) in [7, 11) is 1.83. The Morgan fingerprint density at radius 3 is 2.86 bits per heavy atom. The Morgan fingerprint density at radius 1 is 1.39 bits per heavy atom. The molecular weight excluding hydrogens is 376 g/mol. The van der Waals surface area contributed by atoms with Gasteiger partial charge in [0.2, 0.25) is 16.5 Å².